The molecule has 0 saturated carbocycles. The van der Waals surface area contributed by atoms with E-state index in [1.807, 2.05) is 0 Å². The lowest BCUT2D eigenvalue weighted by atomic mass is 10.2. The normalized spacial score (nSPS) is 11.5. The number of halogens is 2. The monoisotopic (exact) mass is 416 g/mol. The van der Waals surface area contributed by atoms with Crippen LogP contribution in [0.15, 0.2) is 41.3 Å². The fourth-order valence-electron chi connectivity index (χ4n) is 2.27. The van der Waals surface area contributed by atoms with Crippen molar-refractivity contribution in [2.75, 3.05) is 26.0 Å². The Kier molecular flexibility index (Phi) is 6.52. The summed E-state index contributed by atoms with van der Waals surface area (Å²) in [4.78, 5) is 12.3. The molecule has 0 aliphatic rings. The van der Waals surface area contributed by atoms with Gasteiger partial charge in [-0.1, -0.05) is 29.3 Å². The van der Waals surface area contributed by atoms with E-state index in [1.165, 1.54) is 26.3 Å². The maximum Gasteiger partial charge on any atom is 0.243 e. The van der Waals surface area contributed by atoms with Crippen LogP contribution < -0.4 is 10.1 Å². The van der Waals surface area contributed by atoms with Crippen molar-refractivity contribution in [3.05, 3.63) is 52.0 Å². The minimum atomic E-state index is -3.84. The fourth-order valence-corrected chi connectivity index (χ4v) is 3.98. The SMILES string of the molecule is COc1ccc(S(=O)(=O)N(C)CC(=O)Nc2c(Cl)cccc2Cl)cc1C. The lowest BCUT2D eigenvalue weighted by Crippen LogP contribution is -2.35. The Labute approximate surface area is 162 Å². The third-order valence-corrected chi connectivity index (χ3v) is 6.10. The third-order valence-electron chi connectivity index (χ3n) is 3.67. The van der Waals surface area contributed by atoms with Crippen LogP contribution >= 0.6 is 23.2 Å². The molecule has 2 rings (SSSR count). The molecule has 2 aromatic carbocycles. The molecular weight excluding hydrogens is 399 g/mol. The number of benzene rings is 2. The number of hydrogen-bond donors (Lipinski definition) is 1. The first-order valence-corrected chi connectivity index (χ1v) is 9.71. The van der Waals surface area contributed by atoms with Crippen molar-refractivity contribution in [1.82, 2.24) is 4.31 Å². The second kappa shape index (κ2) is 8.26. The number of nitrogens with zero attached hydrogens (tertiary/aromatic N) is 1. The summed E-state index contributed by atoms with van der Waals surface area (Å²) in [6.45, 7) is 1.35. The predicted octanol–water partition coefficient (Wildman–Crippen LogP) is 3.57. The number of amides is 1. The van der Waals surface area contributed by atoms with Crippen LogP contribution in [0.25, 0.3) is 0 Å². The van der Waals surface area contributed by atoms with Gasteiger partial charge in [0.1, 0.15) is 5.75 Å². The molecule has 9 heteroatoms. The highest BCUT2D eigenvalue weighted by Gasteiger charge is 2.24. The molecule has 0 aliphatic carbocycles. The molecule has 140 valence electrons. The van der Waals surface area contributed by atoms with Gasteiger partial charge in [-0.15, -0.1) is 0 Å². The first-order valence-electron chi connectivity index (χ1n) is 7.51. The standard InChI is InChI=1S/C17H18Cl2N2O4S/c1-11-9-12(7-8-15(11)25-3)26(23,24)21(2)10-16(22)20-17-13(18)5-4-6-14(17)19/h4-9H,10H2,1-3H3,(H,20,22). The number of anilines is 1. The Bertz CT molecular complexity index is 912. The highest BCUT2D eigenvalue weighted by atomic mass is 35.5. The summed E-state index contributed by atoms with van der Waals surface area (Å²) >= 11 is 12.0. The summed E-state index contributed by atoms with van der Waals surface area (Å²) in [5.74, 6) is 0.0222. The Morgan fingerprint density at radius 1 is 1.19 bits per heavy atom. The minimum Gasteiger partial charge on any atom is -0.496 e. The summed E-state index contributed by atoms with van der Waals surface area (Å²) in [5.41, 5.74) is 0.918. The number of sulfonamides is 1. The van der Waals surface area contributed by atoms with Gasteiger partial charge in [-0.2, -0.15) is 4.31 Å². The number of methoxy groups -OCH3 is 1. The first-order chi connectivity index (χ1) is 12.2. The number of aryl methyl sites for hydroxylation is 1. The molecule has 0 heterocycles. The van der Waals surface area contributed by atoms with Crippen LogP contribution in [-0.4, -0.2) is 39.3 Å². The van der Waals surface area contributed by atoms with Gasteiger partial charge in [0.15, 0.2) is 0 Å². The number of carbonyl (C=O) groups excluding carboxylic acids is 1. The zero-order chi connectivity index (χ0) is 19.5. The quantitative estimate of drug-likeness (QED) is 0.780. The van der Waals surface area contributed by atoms with Crippen LogP contribution in [0.4, 0.5) is 5.69 Å². The molecule has 0 aromatic heterocycles. The zero-order valence-electron chi connectivity index (χ0n) is 14.4. The smallest absolute Gasteiger partial charge is 0.243 e. The molecule has 0 saturated heterocycles. The third kappa shape index (κ3) is 4.48. The highest BCUT2D eigenvalue weighted by molar-refractivity contribution is 7.89. The van der Waals surface area contributed by atoms with Crippen molar-refractivity contribution >= 4 is 44.8 Å². The van der Waals surface area contributed by atoms with Gasteiger partial charge < -0.3 is 10.1 Å². The Hall–Kier alpha value is -1.80. The molecule has 2 aromatic rings. The fraction of sp³-hybridized carbons (Fsp3) is 0.235. The molecule has 0 aliphatic heterocycles. The van der Waals surface area contributed by atoms with E-state index < -0.39 is 22.5 Å². The van der Waals surface area contributed by atoms with E-state index in [0.717, 1.165) is 4.31 Å². The Morgan fingerprint density at radius 2 is 1.81 bits per heavy atom. The number of carbonyl (C=O) groups is 1. The zero-order valence-corrected chi connectivity index (χ0v) is 16.7. The lowest BCUT2D eigenvalue weighted by molar-refractivity contribution is -0.116. The molecule has 6 nitrogen and oxygen atoms in total. The minimum absolute atomic E-state index is 0.0712. The Morgan fingerprint density at radius 3 is 2.35 bits per heavy atom. The topological polar surface area (TPSA) is 75.7 Å². The second-order valence-corrected chi connectivity index (χ2v) is 8.40. The van der Waals surface area contributed by atoms with E-state index >= 15 is 0 Å². The number of rotatable bonds is 6. The van der Waals surface area contributed by atoms with Crippen LogP contribution in [0.1, 0.15) is 5.56 Å². The van der Waals surface area contributed by atoms with E-state index in [4.69, 9.17) is 27.9 Å². The average molecular weight is 417 g/mol. The van der Waals surface area contributed by atoms with Crippen molar-refractivity contribution in [3.63, 3.8) is 0 Å². The molecule has 0 spiro atoms. The van der Waals surface area contributed by atoms with Crippen LogP contribution in [0.3, 0.4) is 0 Å². The number of hydrogen-bond acceptors (Lipinski definition) is 4. The van der Waals surface area contributed by atoms with E-state index in [9.17, 15) is 13.2 Å². The van der Waals surface area contributed by atoms with Gasteiger partial charge in [0.25, 0.3) is 0 Å². The van der Waals surface area contributed by atoms with Crippen molar-refractivity contribution in [2.24, 2.45) is 0 Å². The molecule has 1 N–H and O–H groups in total. The summed E-state index contributed by atoms with van der Waals surface area (Å²) in [5, 5.41) is 3.07. The first kappa shape index (κ1) is 20.5. The van der Waals surface area contributed by atoms with Crippen LogP contribution in [-0.2, 0) is 14.8 Å². The van der Waals surface area contributed by atoms with Gasteiger partial charge in [0.05, 0.1) is 34.3 Å². The number of likely N-dealkylation sites (N-methyl/N-ethyl adjacent to an activating group) is 1. The maximum atomic E-state index is 12.7. The van der Waals surface area contributed by atoms with Gasteiger partial charge in [-0.05, 0) is 42.8 Å². The van der Waals surface area contributed by atoms with Crippen LogP contribution in [0, 0.1) is 6.92 Å². The molecular formula is C17H18Cl2N2O4S. The number of ether oxygens (including phenoxy) is 1. The highest BCUT2D eigenvalue weighted by Crippen LogP contribution is 2.30. The molecule has 0 radical (unpaired) electrons. The maximum absolute atomic E-state index is 12.7. The van der Waals surface area contributed by atoms with Crippen molar-refractivity contribution in [1.29, 1.82) is 0 Å². The Balaban J connectivity index is 2.16. The van der Waals surface area contributed by atoms with Crippen molar-refractivity contribution in [3.8, 4) is 5.75 Å². The van der Waals surface area contributed by atoms with Crippen molar-refractivity contribution in [2.45, 2.75) is 11.8 Å². The van der Waals surface area contributed by atoms with Crippen LogP contribution in [0.5, 0.6) is 5.75 Å². The van der Waals surface area contributed by atoms with Crippen LogP contribution in [0.2, 0.25) is 10.0 Å². The predicted molar refractivity (Wildman–Crippen MR) is 103 cm³/mol. The molecule has 0 unspecified atom stereocenters. The van der Waals surface area contributed by atoms with E-state index in [-0.39, 0.29) is 20.6 Å². The summed E-state index contributed by atoms with van der Waals surface area (Å²) in [6, 6.07) is 9.28. The van der Waals surface area contributed by atoms with Gasteiger partial charge in [-0.3, -0.25) is 4.79 Å². The van der Waals surface area contributed by atoms with Gasteiger partial charge in [0.2, 0.25) is 15.9 Å². The summed E-state index contributed by atoms with van der Waals surface area (Å²) in [7, 11) is -1.01. The van der Waals surface area contributed by atoms with E-state index in [2.05, 4.69) is 5.32 Å². The van der Waals surface area contributed by atoms with E-state index in [0.29, 0.717) is 11.3 Å². The lowest BCUT2D eigenvalue weighted by Gasteiger charge is -2.18. The molecule has 0 atom stereocenters. The van der Waals surface area contributed by atoms with Gasteiger partial charge in [-0.25, -0.2) is 8.42 Å². The molecule has 0 fully saturated rings. The van der Waals surface area contributed by atoms with E-state index in [1.54, 1.807) is 31.2 Å². The molecule has 26 heavy (non-hydrogen) atoms. The average Bonchev–Trinajstić information content (AvgIpc) is 2.58. The molecule has 1 amide bonds. The van der Waals surface area contributed by atoms with Gasteiger partial charge in [0, 0.05) is 7.05 Å². The second-order valence-electron chi connectivity index (χ2n) is 5.54. The number of para-hydroxylation sites is 1. The summed E-state index contributed by atoms with van der Waals surface area (Å²) < 4.78 is 31.4. The molecule has 0 bridgehead atoms. The largest absolute Gasteiger partial charge is 0.496 e. The van der Waals surface area contributed by atoms with Crippen molar-refractivity contribution < 1.29 is 17.9 Å². The number of nitrogens with one attached hydrogen (secondary N) is 1. The van der Waals surface area contributed by atoms with Gasteiger partial charge >= 0.3 is 0 Å². The summed E-state index contributed by atoms with van der Waals surface area (Å²) in [6.07, 6.45) is 0.